The molecule has 0 bridgehead atoms. The number of nitrogens with one attached hydrogen (secondary N) is 1. The number of likely N-dealkylation sites (tertiary alicyclic amines) is 1. The van der Waals surface area contributed by atoms with Crippen LogP contribution in [0.5, 0.6) is 0 Å². The molecule has 2 rings (SSSR count). The zero-order valence-electron chi connectivity index (χ0n) is 12.3. The summed E-state index contributed by atoms with van der Waals surface area (Å²) in [5, 5.41) is 3.13. The van der Waals surface area contributed by atoms with Crippen molar-refractivity contribution in [1.29, 1.82) is 0 Å². The Morgan fingerprint density at radius 1 is 0.947 bits per heavy atom. The molecule has 1 saturated carbocycles. The lowest BCUT2D eigenvalue weighted by Crippen LogP contribution is -2.32. The molecule has 0 aromatic heterocycles. The van der Waals surface area contributed by atoms with Crippen molar-refractivity contribution in [1.82, 2.24) is 10.2 Å². The summed E-state index contributed by atoms with van der Waals surface area (Å²) in [6.45, 7) is 4.75. The monoisotopic (exact) mass is 266 g/mol. The summed E-state index contributed by atoms with van der Waals surface area (Å²) in [5.41, 5.74) is 0. The summed E-state index contributed by atoms with van der Waals surface area (Å²) in [6.07, 6.45) is 12.5. The number of rotatable bonds is 7. The molecule has 110 valence electrons. The summed E-state index contributed by atoms with van der Waals surface area (Å²) < 4.78 is 0. The van der Waals surface area contributed by atoms with Gasteiger partial charge in [0.1, 0.15) is 0 Å². The van der Waals surface area contributed by atoms with E-state index >= 15 is 0 Å². The SMILES string of the molecule is O=C(NCCCCCN1CCCC1)C1CCCCC1. The molecule has 19 heavy (non-hydrogen) atoms. The van der Waals surface area contributed by atoms with Gasteiger partial charge >= 0.3 is 0 Å². The predicted octanol–water partition coefficient (Wildman–Crippen LogP) is 2.95. The lowest BCUT2D eigenvalue weighted by Gasteiger charge is -2.20. The van der Waals surface area contributed by atoms with Crippen LogP contribution in [0.4, 0.5) is 0 Å². The van der Waals surface area contributed by atoms with Crippen molar-refractivity contribution < 1.29 is 4.79 Å². The van der Waals surface area contributed by atoms with Gasteiger partial charge < -0.3 is 10.2 Å². The number of nitrogens with zero attached hydrogens (tertiary/aromatic N) is 1. The fourth-order valence-corrected chi connectivity index (χ4v) is 3.36. The van der Waals surface area contributed by atoms with Crippen molar-refractivity contribution in [2.75, 3.05) is 26.2 Å². The van der Waals surface area contributed by atoms with Crippen LogP contribution in [0.2, 0.25) is 0 Å². The molecular weight excluding hydrogens is 236 g/mol. The van der Waals surface area contributed by atoms with Crippen LogP contribution in [0.25, 0.3) is 0 Å². The molecule has 0 aromatic rings. The number of amides is 1. The van der Waals surface area contributed by atoms with Crippen LogP contribution in [-0.4, -0.2) is 37.0 Å². The van der Waals surface area contributed by atoms with E-state index in [9.17, 15) is 4.79 Å². The van der Waals surface area contributed by atoms with Crippen LogP contribution in [-0.2, 0) is 4.79 Å². The highest BCUT2D eigenvalue weighted by Crippen LogP contribution is 2.23. The molecule has 1 aliphatic heterocycles. The summed E-state index contributed by atoms with van der Waals surface area (Å²) in [5.74, 6) is 0.637. The number of hydrogen-bond donors (Lipinski definition) is 1. The standard InChI is InChI=1S/C16H30N2O/c19-16(15-9-3-1-4-10-15)17-11-5-2-6-12-18-13-7-8-14-18/h15H,1-14H2,(H,17,19). The maximum atomic E-state index is 11.9. The molecule has 1 heterocycles. The minimum atomic E-state index is 0.318. The molecule has 3 nitrogen and oxygen atoms in total. The summed E-state index contributed by atoms with van der Waals surface area (Å²) in [6, 6.07) is 0. The topological polar surface area (TPSA) is 32.3 Å². The van der Waals surface area contributed by atoms with Crippen LogP contribution < -0.4 is 5.32 Å². The van der Waals surface area contributed by atoms with Gasteiger partial charge in [-0.2, -0.15) is 0 Å². The first-order chi connectivity index (χ1) is 9.36. The third kappa shape index (κ3) is 5.52. The lowest BCUT2D eigenvalue weighted by atomic mass is 9.89. The van der Waals surface area contributed by atoms with Crippen molar-refractivity contribution in [3.63, 3.8) is 0 Å². The second-order valence-corrected chi connectivity index (χ2v) is 6.24. The average Bonchev–Trinajstić information content (AvgIpc) is 2.96. The largest absolute Gasteiger partial charge is 0.356 e. The van der Waals surface area contributed by atoms with Gasteiger partial charge in [-0.05, 0) is 58.2 Å². The van der Waals surface area contributed by atoms with Gasteiger partial charge in [0.05, 0.1) is 0 Å². The van der Waals surface area contributed by atoms with Gasteiger partial charge in [0, 0.05) is 12.5 Å². The quantitative estimate of drug-likeness (QED) is 0.719. The highest BCUT2D eigenvalue weighted by molar-refractivity contribution is 5.78. The summed E-state index contributed by atoms with van der Waals surface area (Å²) in [4.78, 5) is 14.5. The normalized spacial score (nSPS) is 21.7. The number of carbonyl (C=O) groups excluding carboxylic acids is 1. The Labute approximate surface area is 118 Å². The molecule has 1 amide bonds. The van der Waals surface area contributed by atoms with Crippen molar-refractivity contribution in [2.45, 2.75) is 64.2 Å². The molecule has 0 atom stereocenters. The molecule has 0 unspecified atom stereocenters. The van der Waals surface area contributed by atoms with Crippen molar-refractivity contribution in [2.24, 2.45) is 5.92 Å². The zero-order valence-corrected chi connectivity index (χ0v) is 12.3. The third-order valence-electron chi connectivity index (χ3n) is 4.62. The number of hydrogen-bond acceptors (Lipinski definition) is 2. The molecule has 0 spiro atoms. The van der Waals surface area contributed by atoms with Crippen LogP contribution in [0.3, 0.4) is 0 Å². The summed E-state index contributed by atoms with van der Waals surface area (Å²) in [7, 11) is 0. The Hall–Kier alpha value is -0.570. The smallest absolute Gasteiger partial charge is 0.223 e. The van der Waals surface area contributed by atoms with E-state index in [-0.39, 0.29) is 0 Å². The molecule has 3 heteroatoms. The first kappa shape index (κ1) is 14.8. The predicted molar refractivity (Wildman–Crippen MR) is 79.1 cm³/mol. The first-order valence-electron chi connectivity index (χ1n) is 8.36. The van der Waals surface area contributed by atoms with E-state index < -0.39 is 0 Å². The Morgan fingerprint density at radius 2 is 1.68 bits per heavy atom. The molecule has 2 fully saturated rings. The van der Waals surface area contributed by atoms with E-state index in [0.717, 1.165) is 25.8 Å². The zero-order chi connectivity index (χ0) is 13.3. The molecule has 0 radical (unpaired) electrons. The Morgan fingerprint density at radius 3 is 2.42 bits per heavy atom. The molecule has 1 aliphatic carbocycles. The third-order valence-corrected chi connectivity index (χ3v) is 4.62. The van der Waals surface area contributed by atoms with Gasteiger partial charge in [-0.1, -0.05) is 25.7 Å². The van der Waals surface area contributed by atoms with Crippen LogP contribution in [0.1, 0.15) is 64.2 Å². The van der Waals surface area contributed by atoms with E-state index in [1.807, 2.05) is 0 Å². The summed E-state index contributed by atoms with van der Waals surface area (Å²) >= 11 is 0. The fraction of sp³-hybridized carbons (Fsp3) is 0.938. The van der Waals surface area contributed by atoms with Gasteiger partial charge in [-0.15, -0.1) is 0 Å². The number of unbranched alkanes of at least 4 members (excludes halogenated alkanes) is 2. The number of carbonyl (C=O) groups is 1. The maximum Gasteiger partial charge on any atom is 0.223 e. The highest BCUT2D eigenvalue weighted by Gasteiger charge is 2.20. The van der Waals surface area contributed by atoms with E-state index in [2.05, 4.69) is 10.2 Å². The van der Waals surface area contributed by atoms with E-state index in [1.54, 1.807) is 0 Å². The maximum absolute atomic E-state index is 11.9. The fourth-order valence-electron chi connectivity index (χ4n) is 3.36. The van der Waals surface area contributed by atoms with Gasteiger partial charge in [-0.3, -0.25) is 4.79 Å². The molecule has 2 aliphatic rings. The lowest BCUT2D eigenvalue weighted by molar-refractivity contribution is -0.125. The second kappa shape index (κ2) is 8.57. The molecule has 1 saturated heterocycles. The van der Waals surface area contributed by atoms with Crippen LogP contribution in [0.15, 0.2) is 0 Å². The minimum absolute atomic E-state index is 0.318. The van der Waals surface area contributed by atoms with E-state index in [1.165, 1.54) is 64.6 Å². The van der Waals surface area contributed by atoms with Crippen molar-refractivity contribution >= 4 is 5.91 Å². The van der Waals surface area contributed by atoms with Crippen LogP contribution in [0, 0.1) is 5.92 Å². The Bertz CT molecular complexity index is 255. The van der Waals surface area contributed by atoms with Gasteiger partial charge in [0.25, 0.3) is 0 Å². The Kier molecular flexibility index (Phi) is 6.69. The first-order valence-corrected chi connectivity index (χ1v) is 8.36. The molecular formula is C16H30N2O. The average molecular weight is 266 g/mol. The highest BCUT2D eigenvalue weighted by atomic mass is 16.1. The van der Waals surface area contributed by atoms with E-state index in [0.29, 0.717) is 11.8 Å². The molecule has 1 N–H and O–H groups in total. The van der Waals surface area contributed by atoms with Crippen molar-refractivity contribution in [3.8, 4) is 0 Å². The van der Waals surface area contributed by atoms with E-state index in [4.69, 9.17) is 0 Å². The van der Waals surface area contributed by atoms with Crippen molar-refractivity contribution in [3.05, 3.63) is 0 Å². The Balaban J connectivity index is 1.43. The molecule has 0 aromatic carbocycles. The minimum Gasteiger partial charge on any atom is -0.356 e. The van der Waals surface area contributed by atoms with Gasteiger partial charge in [0.15, 0.2) is 0 Å². The second-order valence-electron chi connectivity index (χ2n) is 6.24. The van der Waals surface area contributed by atoms with Gasteiger partial charge in [0.2, 0.25) is 5.91 Å². The van der Waals surface area contributed by atoms with Gasteiger partial charge in [-0.25, -0.2) is 0 Å². The van der Waals surface area contributed by atoms with Crippen LogP contribution >= 0.6 is 0 Å².